The number of nitrogens with zero attached hydrogens (tertiary/aromatic N) is 4. The second-order valence-electron chi connectivity index (χ2n) is 23.9. The Hall–Kier alpha value is -9.99. The summed E-state index contributed by atoms with van der Waals surface area (Å²) in [6.07, 6.45) is 3.67. The van der Waals surface area contributed by atoms with Crippen molar-refractivity contribution in [2.75, 3.05) is 0 Å². The molecule has 0 saturated heterocycles. The van der Waals surface area contributed by atoms with Crippen LogP contribution in [0.2, 0.25) is 0 Å². The van der Waals surface area contributed by atoms with Crippen molar-refractivity contribution in [2.45, 2.75) is 53.4 Å². The Morgan fingerprint density at radius 2 is 0.438 bits per heavy atom. The van der Waals surface area contributed by atoms with Crippen LogP contribution in [-0.4, -0.2) is 9.97 Å². The molecule has 1 aliphatic carbocycles. The monoisotopic (exact) mass is 1320 g/mol. The van der Waals surface area contributed by atoms with Gasteiger partial charge >= 0.3 is 21.1 Å². The molecule has 0 N–H and O–H groups in total. The Bertz CT molecular complexity index is 4890. The van der Waals surface area contributed by atoms with Crippen LogP contribution < -0.4 is 9.97 Å². The third kappa shape index (κ3) is 8.82. The smallest absolute Gasteiger partial charge is 0.656 e. The van der Waals surface area contributed by atoms with E-state index in [4.69, 9.17) is 19.9 Å². The third-order valence-electron chi connectivity index (χ3n) is 19.0. The molecular formula is C84H60N4Pt. The van der Waals surface area contributed by atoms with E-state index in [-0.39, 0.29) is 21.1 Å². The van der Waals surface area contributed by atoms with Gasteiger partial charge in [0.1, 0.15) is 0 Å². The van der Waals surface area contributed by atoms with E-state index in [1.165, 1.54) is 22.3 Å². The molecule has 8 bridgehead atoms. The summed E-state index contributed by atoms with van der Waals surface area (Å²) in [5, 5.41) is 13.4. The Morgan fingerprint density at radius 1 is 0.247 bits per heavy atom. The van der Waals surface area contributed by atoms with E-state index in [9.17, 15) is 0 Å². The van der Waals surface area contributed by atoms with Crippen LogP contribution in [0.15, 0.2) is 243 Å². The van der Waals surface area contributed by atoms with E-state index in [2.05, 4.69) is 270 Å². The first-order valence-corrected chi connectivity index (χ1v) is 31.2. The summed E-state index contributed by atoms with van der Waals surface area (Å²) in [4.78, 5) is 25.0. The standard InChI is InChI=1S/C84H60N4.Pt/c1-5-49-25-33-53(34-26-49)73-77-65-41-57-17-9-11-19-59(57)43-67(65)79(85-77)74(54-35-27-50(6-2)28-36-54)81-69-45-61-21-13-15-23-63(61)47-71(69)83(87-81)76(56-39-31-52(8-4)32-40-56)84-72-48-64-24-16-14-22-62(64)46-70(72)82(88-84)75(55-37-29-51(7-3)30-38-55)80-68-44-60-20-12-10-18-58(60)42-66(68)78(73)86-80;/h9-48H,5-8H2,1-4H3;/q-2;+2. The number of fused-ring (bicyclic) bond motifs is 4. The molecule has 17 rings (SSSR count). The van der Waals surface area contributed by atoms with E-state index in [0.717, 1.165) is 202 Å². The average molecular weight is 1320 g/mol. The van der Waals surface area contributed by atoms with Gasteiger partial charge in [0.2, 0.25) is 0 Å². The first kappa shape index (κ1) is 54.4. The number of rotatable bonds is 8. The molecule has 3 aliphatic rings. The van der Waals surface area contributed by atoms with Crippen molar-refractivity contribution in [3.8, 4) is 89.5 Å². The summed E-state index contributed by atoms with van der Waals surface area (Å²) in [5.41, 5.74) is 24.3. The fourth-order valence-corrected chi connectivity index (χ4v) is 14.2. The second-order valence-corrected chi connectivity index (χ2v) is 23.9. The summed E-state index contributed by atoms with van der Waals surface area (Å²) in [7, 11) is 0. The van der Waals surface area contributed by atoms with Crippen LogP contribution in [0.3, 0.4) is 0 Å². The summed E-state index contributed by atoms with van der Waals surface area (Å²) in [6, 6.07) is 90.7. The number of benzene rings is 12. The summed E-state index contributed by atoms with van der Waals surface area (Å²) in [5.74, 6) is 0. The molecule has 4 heterocycles. The van der Waals surface area contributed by atoms with E-state index < -0.39 is 0 Å². The summed E-state index contributed by atoms with van der Waals surface area (Å²) in [6.45, 7) is 8.91. The minimum atomic E-state index is 0. The van der Waals surface area contributed by atoms with Crippen LogP contribution in [0.5, 0.6) is 0 Å². The molecule has 89 heavy (non-hydrogen) atoms. The fraction of sp³-hybridized carbons (Fsp3) is 0.0952. The van der Waals surface area contributed by atoms with Gasteiger partial charge in [0.25, 0.3) is 0 Å². The van der Waals surface area contributed by atoms with E-state index in [1.807, 2.05) is 0 Å². The van der Waals surface area contributed by atoms with Gasteiger partial charge < -0.3 is 9.97 Å². The van der Waals surface area contributed by atoms with Gasteiger partial charge in [0.05, 0.1) is 22.8 Å². The Labute approximate surface area is 531 Å². The predicted molar refractivity (Wildman–Crippen MR) is 372 cm³/mol. The molecule has 0 unspecified atom stereocenters. The zero-order valence-electron chi connectivity index (χ0n) is 50.0. The molecule has 2 aliphatic heterocycles. The van der Waals surface area contributed by atoms with Crippen molar-refractivity contribution < 1.29 is 21.1 Å². The predicted octanol–water partition coefficient (Wildman–Crippen LogP) is 22.1. The van der Waals surface area contributed by atoms with Crippen molar-refractivity contribution in [1.82, 2.24) is 19.9 Å². The Kier molecular flexibility index (Phi) is 13.3. The van der Waals surface area contributed by atoms with Gasteiger partial charge in [-0.3, -0.25) is 0 Å². The Balaban J connectivity index is 0.00000636. The maximum Gasteiger partial charge on any atom is 2.00 e. The number of aromatic nitrogens is 4. The summed E-state index contributed by atoms with van der Waals surface area (Å²) >= 11 is 0. The molecule has 5 heteroatoms. The number of hydrogen-bond acceptors (Lipinski definition) is 2. The third-order valence-corrected chi connectivity index (χ3v) is 19.0. The van der Waals surface area contributed by atoms with E-state index >= 15 is 0 Å². The molecule has 2 aromatic heterocycles. The van der Waals surface area contributed by atoms with E-state index in [1.54, 1.807) is 0 Å². The van der Waals surface area contributed by atoms with Crippen LogP contribution in [0.4, 0.5) is 0 Å². The average Bonchev–Trinajstić information content (AvgIpc) is 1.63. The normalized spacial score (nSPS) is 11.9. The van der Waals surface area contributed by atoms with Crippen LogP contribution in [0, 0.1) is 0 Å². The molecule has 14 aromatic rings. The second kappa shape index (κ2) is 21.7. The van der Waals surface area contributed by atoms with Gasteiger partial charge in [-0.15, -0.1) is 22.1 Å². The molecule has 0 amide bonds. The quantitative estimate of drug-likeness (QED) is 0.152. The van der Waals surface area contributed by atoms with Gasteiger partial charge in [0, 0.05) is 22.3 Å². The maximum atomic E-state index is 6.25. The zero-order chi connectivity index (χ0) is 58.7. The molecule has 12 aromatic carbocycles. The molecular weight excluding hydrogens is 1260 g/mol. The Morgan fingerprint density at radius 3 is 0.629 bits per heavy atom. The largest absolute Gasteiger partial charge is 2.00 e. The molecule has 0 saturated carbocycles. The van der Waals surface area contributed by atoms with Crippen LogP contribution >= 0.6 is 0 Å². The van der Waals surface area contributed by atoms with Gasteiger partial charge in [0.15, 0.2) is 0 Å². The first-order valence-electron chi connectivity index (χ1n) is 31.2. The molecule has 0 spiro atoms. The molecule has 0 fully saturated rings. The number of aryl methyl sites for hydroxylation is 4. The van der Waals surface area contributed by atoms with Crippen molar-refractivity contribution in [2.24, 2.45) is 0 Å². The molecule has 0 atom stereocenters. The molecule has 0 radical (unpaired) electrons. The van der Waals surface area contributed by atoms with Crippen molar-refractivity contribution in [1.29, 1.82) is 0 Å². The van der Waals surface area contributed by atoms with Crippen LogP contribution in [0.25, 0.3) is 176 Å². The van der Waals surface area contributed by atoms with Gasteiger partial charge in [-0.2, -0.15) is 0 Å². The van der Waals surface area contributed by atoms with Crippen molar-refractivity contribution >= 4 is 86.7 Å². The maximum absolute atomic E-state index is 6.25. The van der Waals surface area contributed by atoms with Crippen molar-refractivity contribution in [3.05, 3.63) is 265 Å². The zero-order valence-corrected chi connectivity index (χ0v) is 52.3. The van der Waals surface area contributed by atoms with Crippen LogP contribution in [0.1, 0.15) is 49.9 Å². The first-order chi connectivity index (χ1) is 43.4. The van der Waals surface area contributed by atoms with Crippen molar-refractivity contribution in [3.63, 3.8) is 0 Å². The molecule has 4 nitrogen and oxygen atoms in total. The SMILES string of the molecule is CCc1ccc(-c2c3nc(c(-c4ccc(CC)cc4)c4[n-]c(c(-c5ccc(CC)cc5)c5nc(c(-c6ccc(CC)cc6)c6[n-]c2c2cc7ccccc7cc62)-c2cc6ccccc6cc2-5)c2cc5ccccc5cc42)-c2cc4ccccc4cc2-3)cc1.[Pt+2]. The van der Waals surface area contributed by atoms with Crippen LogP contribution in [-0.2, 0) is 46.7 Å². The number of hydrogen-bond donors (Lipinski definition) is 0. The van der Waals surface area contributed by atoms with Gasteiger partial charge in [-0.05, 0) is 206 Å². The molecule has 426 valence electrons. The van der Waals surface area contributed by atoms with Gasteiger partial charge in [-0.1, -0.05) is 222 Å². The van der Waals surface area contributed by atoms with Gasteiger partial charge in [-0.25, -0.2) is 9.97 Å². The summed E-state index contributed by atoms with van der Waals surface area (Å²) < 4.78 is 0. The topological polar surface area (TPSA) is 54.0 Å². The van der Waals surface area contributed by atoms with E-state index in [0.29, 0.717) is 0 Å². The minimum Gasteiger partial charge on any atom is -0.656 e. The minimum absolute atomic E-state index is 0. The fourth-order valence-electron chi connectivity index (χ4n) is 14.2.